The van der Waals surface area contributed by atoms with Crippen molar-refractivity contribution in [3.05, 3.63) is 146 Å². The van der Waals surface area contributed by atoms with Crippen LogP contribution in [0.5, 0.6) is 0 Å². The zero-order valence-corrected chi connectivity index (χ0v) is 25.3. The molecule has 0 spiro atoms. The van der Waals surface area contributed by atoms with Gasteiger partial charge in [0.1, 0.15) is 16.7 Å². The summed E-state index contributed by atoms with van der Waals surface area (Å²) >= 11 is 1.83. The second-order valence-electron chi connectivity index (χ2n) is 11.5. The first-order chi connectivity index (χ1) is 22.8. The number of furan rings is 2. The number of para-hydroxylation sites is 2. The minimum atomic E-state index is 0.657. The van der Waals surface area contributed by atoms with Crippen molar-refractivity contribution < 1.29 is 8.83 Å². The number of aromatic nitrogens is 1. The summed E-state index contributed by atoms with van der Waals surface area (Å²) in [6.07, 6.45) is 1.77. The molecule has 0 aliphatic heterocycles. The van der Waals surface area contributed by atoms with Crippen LogP contribution < -0.4 is 4.90 Å². The van der Waals surface area contributed by atoms with Crippen molar-refractivity contribution in [2.24, 2.45) is 0 Å². The number of thiophene rings is 1. The van der Waals surface area contributed by atoms with Gasteiger partial charge in [0.25, 0.3) is 0 Å². The van der Waals surface area contributed by atoms with Crippen molar-refractivity contribution in [1.82, 2.24) is 4.98 Å². The molecule has 0 aliphatic rings. The Morgan fingerprint density at radius 3 is 2.20 bits per heavy atom. The molecule has 0 amide bonds. The molecular weight excluding hydrogens is 585 g/mol. The van der Waals surface area contributed by atoms with Crippen LogP contribution in [0.25, 0.3) is 75.3 Å². The fraction of sp³-hybridized carbons (Fsp3) is 0. The maximum absolute atomic E-state index is 6.33. The second kappa shape index (κ2) is 9.80. The van der Waals surface area contributed by atoms with Gasteiger partial charge in [-0.2, -0.15) is 0 Å². The average Bonchev–Trinajstić information content (AvgIpc) is 3.80. The molecule has 0 aliphatic carbocycles. The highest BCUT2D eigenvalue weighted by Crippen LogP contribution is 2.45. The summed E-state index contributed by atoms with van der Waals surface area (Å²) in [4.78, 5) is 6.81. The molecule has 10 aromatic rings. The number of hydrogen-bond donors (Lipinski definition) is 0. The molecule has 10 rings (SSSR count). The summed E-state index contributed by atoms with van der Waals surface area (Å²) in [6.45, 7) is 0. The normalized spacial score (nSPS) is 11.9. The Balaban J connectivity index is 1.19. The molecule has 0 atom stereocenters. The Morgan fingerprint density at radius 2 is 1.26 bits per heavy atom. The van der Waals surface area contributed by atoms with Gasteiger partial charge in [0.2, 0.25) is 5.71 Å². The average molecular weight is 609 g/mol. The summed E-state index contributed by atoms with van der Waals surface area (Å²) in [7, 11) is 0. The SMILES string of the molecule is c1ccc2c(c1)oc1cccc(N(c3ccc(-c4cccc5c4oc4ncccc45)cc3)c3ccc4sc5ccccc5c4c3)c12. The van der Waals surface area contributed by atoms with E-state index in [0.717, 1.165) is 66.5 Å². The zero-order chi connectivity index (χ0) is 30.2. The van der Waals surface area contributed by atoms with Crippen molar-refractivity contribution in [3.63, 3.8) is 0 Å². The highest BCUT2D eigenvalue weighted by Gasteiger charge is 2.21. The summed E-state index contributed by atoms with van der Waals surface area (Å²) in [5.41, 5.74) is 8.60. The summed E-state index contributed by atoms with van der Waals surface area (Å²) in [5, 5.41) is 6.83. The standard InChI is InChI=1S/C41H24N2O2S/c1-3-14-35-32(9-1)39-34(13-6-15-36(39)44-35)43(27-21-22-38-33(24-27)29-8-2-4-16-37(29)46-38)26-19-17-25(18-20-26)28-10-5-11-30-31-12-7-23-42-41(31)45-40(28)30/h1-24H. The van der Waals surface area contributed by atoms with Gasteiger partial charge >= 0.3 is 0 Å². The predicted octanol–water partition coefficient (Wildman–Crippen LogP) is 12.4. The van der Waals surface area contributed by atoms with Gasteiger partial charge in [0.15, 0.2) is 0 Å². The van der Waals surface area contributed by atoms with Crippen molar-refractivity contribution in [1.29, 1.82) is 0 Å². The van der Waals surface area contributed by atoms with E-state index in [2.05, 4.69) is 131 Å². The van der Waals surface area contributed by atoms with Crippen molar-refractivity contribution >= 4 is 92.6 Å². The molecule has 216 valence electrons. The van der Waals surface area contributed by atoms with Crippen LogP contribution in [0.3, 0.4) is 0 Å². The van der Waals surface area contributed by atoms with Crippen LogP contribution in [0, 0.1) is 0 Å². The van der Waals surface area contributed by atoms with Gasteiger partial charge < -0.3 is 13.7 Å². The van der Waals surface area contributed by atoms with Gasteiger partial charge in [-0.05, 0) is 72.3 Å². The zero-order valence-electron chi connectivity index (χ0n) is 24.5. The summed E-state index contributed by atoms with van der Waals surface area (Å²) in [5.74, 6) is 0. The molecule has 6 aromatic carbocycles. The van der Waals surface area contributed by atoms with Gasteiger partial charge in [-0.3, -0.25) is 0 Å². The summed E-state index contributed by atoms with van der Waals surface area (Å²) < 4.78 is 15.2. The van der Waals surface area contributed by atoms with E-state index in [1.54, 1.807) is 6.20 Å². The molecule has 46 heavy (non-hydrogen) atoms. The minimum absolute atomic E-state index is 0.657. The van der Waals surface area contributed by atoms with E-state index in [0.29, 0.717) is 5.71 Å². The topological polar surface area (TPSA) is 42.4 Å². The predicted molar refractivity (Wildman–Crippen MR) is 192 cm³/mol. The maximum Gasteiger partial charge on any atom is 0.227 e. The third-order valence-electron chi connectivity index (χ3n) is 8.95. The number of fused-ring (bicyclic) bond motifs is 9. The Hall–Kier alpha value is -5.91. The highest BCUT2D eigenvalue weighted by molar-refractivity contribution is 7.25. The van der Waals surface area contributed by atoms with Crippen LogP contribution in [0.4, 0.5) is 17.1 Å². The Kier molecular flexibility index (Phi) is 5.41. The number of anilines is 3. The number of benzene rings is 6. The van der Waals surface area contributed by atoms with E-state index in [4.69, 9.17) is 8.83 Å². The molecule has 4 heterocycles. The highest BCUT2D eigenvalue weighted by atomic mass is 32.1. The first kappa shape index (κ1) is 25.4. The monoisotopic (exact) mass is 608 g/mol. The second-order valence-corrected chi connectivity index (χ2v) is 12.6. The molecule has 0 N–H and O–H groups in total. The lowest BCUT2D eigenvalue weighted by molar-refractivity contribution is 0.655. The quantitative estimate of drug-likeness (QED) is 0.199. The molecule has 0 fully saturated rings. The van der Waals surface area contributed by atoms with E-state index in [1.165, 1.54) is 20.2 Å². The van der Waals surface area contributed by atoms with Crippen LogP contribution in [-0.2, 0) is 0 Å². The number of pyridine rings is 1. The fourth-order valence-corrected chi connectivity index (χ4v) is 7.96. The Bertz CT molecular complexity index is 2770. The lowest BCUT2D eigenvalue weighted by Crippen LogP contribution is -2.10. The third-order valence-corrected chi connectivity index (χ3v) is 10.1. The van der Waals surface area contributed by atoms with Crippen LogP contribution in [0.2, 0.25) is 0 Å². The van der Waals surface area contributed by atoms with Gasteiger partial charge in [0.05, 0.1) is 11.1 Å². The van der Waals surface area contributed by atoms with E-state index in [-0.39, 0.29) is 0 Å². The molecule has 0 unspecified atom stereocenters. The molecule has 4 nitrogen and oxygen atoms in total. The molecule has 4 aromatic heterocycles. The van der Waals surface area contributed by atoms with E-state index in [1.807, 2.05) is 29.5 Å². The lowest BCUT2D eigenvalue weighted by Gasteiger charge is -2.26. The van der Waals surface area contributed by atoms with Crippen LogP contribution >= 0.6 is 11.3 Å². The van der Waals surface area contributed by atoms with Crippen molar-refractivity contribution in [2.45, 2.75) is 0 Å². The molecule has 0 radical (unpaired) electrons. The molecule has 0 bridgehead atoms. The number of nitrogens with zero attached hydrogens (tertiary/aromatic N) is 2. The number of hydrogen-bond acceptors (Lipinski definition) is 5. The molecule has 0 saturated carbocycles. The van der Waals surface area contributed by atoms with Crippen LogP contribution in [0.15, 0.2) is 155 Å². The van der Waals surface area contributed by atoms with Gasteiger partial charge in [-0.15, -0.1) is 11.3 Å². The fourth-order valence-electron chi connectivity index (χ4n) is 6.87. The Morgan fingerprint density at radius 1 is 0.522 bits per heavy atom. The largest absolute Gasteiger partial charge is 0.456 e. The summed E-state index contributed by atoms with van der Waals surface area (Å²) in [6, 6.07) is 49.1. The number of rotatable bonds is 4. The lowest BCUT2D eigenvalue weighted by atomic mass is 10.0. The van der Waals surface area contributed by atoms with Crippen molar-refractivity contribution in [2.75, 3.05) is 4.90 Å². The van der Waals surface area contributed by atoms with Gasteiger partial charge in [-0.25, -0.2) is 4.98 Å². The third kappa shape index (κ3) is 3.76. The first-order valence-corrected chi connectivity index (χ1v) is 16.1. The molecule has 5 heteroatoms. The van der Waals surface area contributed by atoms with E-state index in [9.17, 15) is 0 Å². The first-order valence-electron chi connectivity index (χ1n) is 15.3. The maximum atomic E-state index is 6.33. The minimum Gasteiger partial charge on any atom is -0.456 e. The molecule has 0 saturated heterocycles. The van der Waals surface area contributed by atoms with Gasteiger partial charge in [-0.1, -0.05) is 72.8 Å². The van der Waals surface area contributed by atoms with Gasteiger partial charge in [0, 0.05) is 59.5 Å². The van der Waals surface area contributed by atoms with E-state index < -0.39 is 0 Å². The molecular formula is C41H24N2O2S. The smallest absolute Gasteiger partial charge is 0.227 e. The van der Waals surface area contributed by atoms with Crippen LogP contribution in [0.1, 0.15) is 0 Å². The van der Waals surface area contributed by atoms with Crippen LogP contribution in [-0.4, -0.2) is 4.98 Å². The van der Waals surface area contributed by atoms with Crippen molar-refractivity contribution in [3.8, 4) is 11.1 Å². The Labute approximate surface area is 267 Å². The van der Waals surface area contributed by atoms with E-state index >= 15 is 0 Å².